The molecule has 2 nitrogen and oxygen atoms in total. The van der Waals surface area contributed by atoms with Gasteiger partial charge in [-0.2, -0.15) is 0 Å². The van der Waals surface area contributed by atoms with E-state index >= 15 is 0 Å². The molecule has 0 bridgehead atoms. The van der Waals surface area contributed by atoms with Crippen LogP contribution in [0, 0.1) is 0 Å². The van der Waals surface area contributed by atoms with Crippen LogP contribution >= 0.6 is 27.5 Å². The Balaban J connectivity index is 3.18. The molecule has 0 heterocycles. The summed E-state index contributed by atoms with van der Waals surface area (Å²) in [7, 11) is -1.14. The number of carbonyl (C=O) groups excluding carboxylic acids is 1. The van der Waals surface area contributed by atoms with Crippen molar-refractivity contribution in [2.24, 2.45) is 0 Å². The van der Waals surface area contributed by atoms with Gasteiger partial charge >= 0.3 is 0 Å². The first-order valence-corrected chi connectivity index (χ1v) is 7.06. The summed E-state index contributed by atoms with van der Waals surface area (Å²) in [6, 6.07) is 5.10. The highest BCUT2D eigenvalue weighted by Gasteiger charge is 2.15. The van der Waals surface area contributed by atoms with Gasteiger partial charge in [0.1, 0.15) is 5.78 Å². The number of hydrogen-bond donors (Lipinski definition) is 0. The summed E-state index contributed by atoms with van der Waals surface area (Å²) in [5, 5.41) is 0.461. The molecule has 0 aliphatic rings. The Kier molecular flexibility index (Phi) is 4.49. The quantitative estimate of drug-likeness (QED) is 0.804. The number of benzene rings is 1. The summed E-state index contributed by atoms with van der Waals surface area (Å²) < 4.78 is 11.3. The zero-order chi connectivity index (χ0) is 11.6. The van der Waals surface area contributed by atoms with E-state index in [1.54, 1.807) is 24.5 Å². The fraction of sp³-hybridized carbons (Fsp3) is 0.300. The minimum absolute atomic E-state index is 0.00478. The Labute approximate surface area is 105 Å². The van der Waals surface area contributed by atoms with Crippen LogP contribution in [0.3, 0.4) is 0 Å². The van der Waals surface area contributed by atoms with Gasteiger partial charge in [-0.25, -0.2) is 0 Å². The van der Waals surface area contributed by atoms with Gasteiger partial charge in [-0.1, -0.05) is 33.6 Å². The Hall–Kier alpha value is -0.190. The fourth-order valence-electron chi connectivity index (χ4n) is 1.13. The third-order valence-electron chi connectivity index (χ3n) is 1.91. The number of rotatable bonds is 3. The first-order valence-electron chi connectivity index (χ1n) is 4.21. The molecule has 0 aliphatic carbocycles. The normalized spacial score (nSPS) is 14.7. The Morgan fingerprint density at radius 3 is 2.60 bits per heavy atom. The maximum Gasteiger partial charge on any atom is 0.147 e. The van der Waals surface area contributed by atoms with Crippen LogP contribution in [0.2, 0.25) is 5.02 Å². The first-order chi connectivity index (χ1) is 6.93. The van der Waals surface area contributed by atoms with Crippen molar-refractivity contribution in [3.05, 3.63) is 28.8 Å². The van der Waals surface area contributed by atoms with Gasteiger partial charge in [0.15, 0.2) is 0 Å². The van der Waals surface area contributed by atoms with E-state index in [-0.39, 0.29) is 10.6 Å². The lowest BCUT2D eigenvalue weighted by Gasteiger charge is -2.08. The number of Topliss-reactive ketones (excluding diaryl/α,β-unsaturated/α-hetero) is 1. The van der Waals surface area contributed by atoms with Gasteiger partial charge in [-0.05, 0) is 24.6 Å². The molecular weight excluding hydrogens is 300 g/mol. The van der Waals surface area contributed by atoms with Crippen LogP contribution in [0.4, 0.5) is 0 Å². The molecule has 0 spiro atoms. The third kappa shape index (κ3) is 3.13. The number of carbonyl (C=O) groups is 1. The maximum atomic E-state index is 11.3. The van der Waals surface area contributed by atoms with E-state index in [0.717, 1.165) is 5.56 Å². The fourth-order valence-corrected chi connectivity index (χ4v) is 2.51. The average molecular weight is 310 g/mol. The summed E-state index contributed by atoms with van der Waals surface area (Å²) in [5.74, 6) is 0.00478. The molecule has 1 aromatic rings. The van der Waals surface area contributed by atoms with Crippen LogP contribution in [-0.2, 0) is 15.6 Å². The van der Waals surface area contributed by atoms with Gasteiger partial charge in [0.2, 0.25) is 0 Å². The molecule has 1 rings (SSSR count). The lowest BCUT2D eigenvalue weighted by Crippen LogP contribution is -2.02. The van der Waals surface area contributed by atoms with Crippen molar-refractivity contribution in [3.63, 3.8) is 0 Å². The molecule has 0 saturated heterocycles. The minimum Gasteiger partial charge on any atom is -0.298 e. The van der Waals surface area contributed by atoms with Gasteiger partial charge in [0.05, 0.1) is 25.5 Å². The predicted molar refractivity (Wildman–Crippen MR) is 66.1 cm³/mol. The molecule has 5 heteroatoms. The first kappa shape index (κ1) is 12.9. The maximum absolute atomic E-state index is 11.3. The third-order valence-corrected chi connectivity index (χ3v) is 4.49. The number of hydrogen-bond acceptors (Lipinski definition) is 2. The molecular formula is C10H10BrClO2S. The molecule has 2 atom stereocenters. The molecule has 0 aliphatic heterocycles. The Morgan fingerprint density at radius 2 is 2.13 bits per heavy atom. The molecule has 2 unspecified atom stereocenters. The molecule has 15 heavy (non-hydrogen) atoms. The smallest absolute Gasteiger partial charge is 0.147 e. The number of alkyl halides is 1. The van der Waals surface area contributed by atoms with Gasteiger partial charge in [0.25, 0.3) is 0 Å². The molecule has 0 amide bonds. The second kappa shape index (κ2) is 5.23. The van der Waals surface area contributed by atoms with Crippen LogP contribution in [0.15, 0.2) is 23.1 Å². The molecule has 0 saturated carbocycles. The van der Waals surface area contributed by atoms with Crippen molar-refractivity contribution >= 4 is 44.1 Å². The van der Waals surface area contributed by atoms with Crippen molar-refractivity contribution in [2.75, 3.05) is 6.26 Å². The largest absolute Gasteiger partial charge is 0.298 e. The second-order valence-corrected chi connectivity index (χ2v) is 5.79. The van der Waals surface area contributed by atoms with Gasteiger partial charge < -0.3 is 0 Å². The second-order valence-electron chi connectivity index (χ2n) is 3.12. The molecule has 0 fully saturated rings. The SMILES string of the molecule is CC(=O)C(Br)c1ccc(Cl)c(S(C)=O)c1. The summed E-state index contributed by atoms with van der Waals surface area (Å²) in [6.07, 6.45) is 1.56. The van der Waals surface area contributed by atoms with Crippen LogP contribution in [0.1, 0.15) is 17.3 Å². The molecule has 0 radical (unpaired) electrons. The van der Waals surface area contributed by atoms with Crippen molar-refractivity contribution in [1.82, 2.24) is 0 Å². The summed E-state index contributed by atoms with van der Waals surface area (Å²) in [5.41, 5.74) is 0.775. The standard InChI is InChI=1S/C10H10BrClO2S/c1-6(13)10(11)7-3-4-8(12)9(5-7)15(2)14/h3-5,10H,1-2H3. The monoisotopic (exact) mass is 308 g/mol. The molecule has 0 aromatic heterocycles. The van der Waals surface area contributed by atoms with Crippen LogP contribution in [0.25, 0.3) is 0 Å². The molecule has 0 N–H and O–H groups in total. The Bertz CT molecular complexity index is 420. The van der Waals surface area contributed by atoms with Crippen LogP contribution in [-0.4, -0.2) is 16.2 Å². The Morgan fingerprint density at radius 1 is 1.53 bits per heavy atom. The van der Waals surface area contributed by atoms with E-state index in [4.69, 9.17) is 11.6 Å². The van der Waals surface area contributed by atoms with Crippen molar-refractivity contribution in [1.29, 1.82) is 0 Å². The highest BCUT2D eigenvalue weighted by atomic mass is 79.9. The van der Waals surface area contributed by atoms with Crippen LogP contribution < -0.4 is 0 Å². The molecule has 1 aromatic carbocycles. The van der Waals surface area contributed by atoms with E-state index < -0.39 is 10.8 Å². The highest BCUT2D eigenvalue weighted by molar-refractivity contribution is 9.09. The van der Waals surface area contributed by atoms with E-state index in [2.05, 4.69) is 15.9 Å². The minimum atomic E-state index is -1.14. The van der Waals surface area contributed by atoms with E-state index in [0.29, 0.717) is 9.92 Å². The topological polar surface area (TPSA) is 34.1 Å². The average Bonchev–Trinajstić information content (AvgIpc) is 2.16. The van der Waals surface area contributed by atoms with E-state index in [9.17, 15) is 9.00 Å². The van der Waals surface area contributed by atoms with E-state index in [1.165, 1.54) is 6.92 Å². The summed E-state index contributed by atoms with van der Waals surface area (Å²) >= 11 is 9.15. The zero-order valence-electron chi connectivity index (χ0n) is 8.29. The summed E-state index contributed by atoms with van der Waals surface area (Å²) in [4.78, 5) is 11.3. The van der Waals surface area contributed by atoms with Crippen molar-refractivity contribution in [3.8, 4) is 0 Å². The van der Waals surface area contributed by atoms with Gasteiger partial charge in [0, 0.05) is 6.26 Å². The van der Waals surface area contributed by atoms with Gasteiger partial charge in [-0.3, -0.25) is 9.00 Å². The molecule has 82 valence electrons. The predicted octanol–water partition coefficient (Wildman–Crippen LogP) is 3.10. The lowest BCUT2D eigenvalue weighted by molar-refractivity contribution is -0.116. The highest BCUT2D eigenvalue weighted by Crippen LogP contribution is 2.28. The van der Waals surface area contributed by atoms with Gasteiger partial charge in [-0.15, -0.1) is 0 Å². The number of ketones is 1. The van der Waals surface area contributed by atoms with Crippen LogP contribution in [0.5, 0.6) is 0 Å². The van der Waals surface area contributed by atoms with Crippen molar-refractivity contribution < 1.29 is 9.00 Å². The number of halogens is 2. The van der Waals surface area contributed by atoms with Crippen molar-refractivity contribution in [2.45, 2.75) is 16.6 Å². The van der Waals surface area contributed by atoms with E-state index in [1.807, 2.05) is 0 Å². The summed E-state index contributed by atoms with van der Waals surface area (Å²) in [6.45, 7) is 1.50. The lowest BCUT2D eigenvalue weighted by atomic mass is 10.1. The zero-order valence-corrected chi connectivity index (χ0v) is 11.4.